The van der Waals surface area contributed by atoms with Crippen molar-refractivity contribution in [3.05, 3.63) is 23.8 Å². The van der Waals surface area contributed by atoms with E-state index in [-0.39, 0.29) is 11.4 Å². The summed E-state index contributed by atoms with van der Waals surface area (Å²) >= 11 is 0. The van der Waals surface area contributed by atoms with Crippen molar-refractivity contribution in [2.24, 2.45) is 0 Å². The number of nitrogen functional groups attached to an aromatic ring is 1. The first-order valence-corrected chi connectivity index (χ1v) is 6.89. The van der Waals surface area contributed by atoms with E-state index in [0.717, 1.165) is 5.56 Å². The number of aryl methyl sites for hydroxylation is 1. The third-order valence-corrected chi connectivity index (χ3v) is 3.96. The number of aliphatic hydroxyl groups excluding tert-OH is 1. The summed E-state index contributed by atoms with van der Waals surface area (Å²) in [4.78, 5) is 0.115. The molecule has 0 saturated heterocycles. The first-order chi connectivity index (χ1) is 7.86. The highest BCUT2D eigenvalue weighted by atomic mass is 32.2. The lowest BCUT2D eigenvalue weighted by atomic mass is 10.2. The van der Waals surface area contributed by atoms with Gasteiger partial charge in [0.25, 0.3) is 0 Å². The van der Waals surface area contributed by atoms with Crippen molar-refractivity contribution < 1.29 is 13.5 Å². The summed E-state index contributed by atoms with van der Waals surface area (Å²) in [5.41, 5.74) is 6.92. The van der Waals surface area contributed by atoms with Gasteiger partial charge in [-0.05, 0) is 31.0 Å². The van der Waals surface area contributed by atoms with Crippen molar-refractivity contribution >= 4 is 15.7 Å². The summed E-state index contributed by atoms with van der Waals surface area (Å²) in [5, 5.41) is 9.32. The molecular weight excluding hydrogens is 240 g/mol. The molecule has 0 aliphatic heterocycles. The Kier molecular flexibility index (Phi) is 4.50. The van der Waals surface area contributed by atoms with Crippen LogP contribution in [-0.4, -0.2) is 26.2 Å². The largest absolute Gasteiger partial charge is 0.398 e. The maximum absolute atomic E-state index is 11.8. The molecule has 0 heterocycles. The lowest BCUT2D eigenvalue weighted by molar-refractivity contribution is 0.174. The Morgan fingerprint density at radius 1 is 1.47 bits per heavy atom. The Morgan fingerprint density at radius 2 is 2.12 bits per heavy atom. The molecule has 1 aromatic carbocycles. The molecule has 4 N–H and O–H groups in total. The molecule has 0 bridgehead atoms. The van der Waals surface area contributed by atoms with E-state index < -0.39 is 16.1 Å². The number of anilines is 1. The quantitative estimate of drug-likeness (QED) is 0.675. The molecule has 17 heavy (non-hydrogen) atoms. The molecule has 96 valence electrons. The number of nitrogens with one attached hydrogen (secondary N) is 1. The second-order valence-corrected chi connectivity index (χ2v) is 5.70. The summed E-state index contributed by atoms with van der Waals surface area (Å²) in [6.07, 6.45) is -0.175. The van der Waals surface area contributed by atoms with Crippen LogP contribution in [0.3, 0.4) is 0 Å². The van der Waals surface area contributed by atoms with Gasteiger partial charge in [-0.25, -0.2) is 13.1 Å². The second-order valence-electron chi connectivity index (χ2n) is 3.93. The Balaban J connectivity index is 2.86. The fraction of sp³-hybridized carbons (Fsp3) is 0.455. The number of aliphatic hydroxyl groups is 1. The van der Waals surface area contributed by atoms with Gasteiger partial charge in [0.15, 0.2) is 0 Å². The van der Waals surface area contributed by atoms with Crippen molar-refractivity contribution in [1.82, 2.24) is 4.72 Å². The van der Waals surface area contributed by atoms with Crippen molar-refractivity contribution in [3.8, 4) is 0 Å². The van der Waals surface area contributed by atoms with Crippen LogP contribution in [0.1, 0.15) is 18.9 Å². The number of nitrogens with two attached hydrogens (primary N) is 1. The topological polar surface area (TPSA) is 92.4 Å². The van der Waals surface area contributed by atoms with Crippen molar-refractivity contribution in [3.63, 3.8) is 0 Å². The van der Waals surface area contributed by atoms with E-state index in [1.165, 1.54) is 12.1 Å². The van der Waals surface area contributed by atoms with Gasteiger partial charge in [0.1, 0.15) is 0 Å². The van der Waals surface area contributed by atoms with E-state index in [9.17, 15) is 13.5 Å². The smallest absolute Gasteiger partial charge is 0.240 e. The molecular formula is C11H18N2O3S. The van der Waals surface area contributed by atoms with Crippen LogP contribution in [0, 0.1) is 6.92 Å². The highest BCUT2D eigenvalue weighted by Crippen LogP contribution is 2.16. The average Bonchev–Trinajstić information content (AvgIpc) is 2.29. The van der Waals surface area contributed by atoms with E-state index in [1.54, 1.807) is 19.9 Å². The number of hydrogen-bond donors (Lipinski definition) is 3. The number of sulfonamides is 1. The first-order valence-electron chi connectivity index (χ1n) is 5.40. The Morgan fingerprint density at radius 3 is 2.65 bits per heavy atom. The van der Waals surface area contributed by atoms with Crippen LogP contribution in [0.25, 0.3) is 0 Å². The fourth-order valence-corrected chi connectivity index (χ4v) is 2.33. The van der Waals surface area contributed by atoms with Gasteiger partial charge < -0.3 is 10.8 Å². The summed E-state index contributed by atoms with van der Waals surface area (Å²) in [5.74, 6) is 0. The van der Waals surface area contributed by atoms with Gasteiger partial charge in [0, 0.05) is 12.2 Å². The van der Waals surface area contributed by atoms with E-state index in [1.807, 2.05) is 0 Å². The Bertz CT molecular complexity index is 485. The molecule has 1 aromatic rings. The lowest BCUT2D eigenvalue weighted by Gasteiger charge is -2.11. The van der Waals surface area contributed by atoms with Gasteiger partial charge in [0.05, 0.1) is 11.0 Å². The Hall–Kier alpha value is -1.11. The molecule has 0 saturated carbocycles. The van der Waals surface area contributed by atoms with Crippen LogP contribution in [0.4, 0.5) is 5.69 Å². The molecule has 1 atom stereocenters. The minimum absolute atomic E-state index is 0.00656. The van der Waals surface area contributed by atoms with Crippen molar-refractivity contribution in [2.45, 2.75) is 31.3 Å². The highest BCUT2D eigenvalue weighted by Gasteiger charge is 2.15. The third kappa shape index (κ3) is 3.69. The maximum Gasteiger partial charge on any atom is 0.240 e. The SMILES string of the molecule is CCC(O)CNS(=O)(=O)c1ccc(C)c(N)c1. The van der Waals surface area contributed by atoms with Crippen LogP contribution < -0.4 is 10.5 Å². The van der Waals surface area contributed by atoms with Crippen LogP contribution in [-0.2, 0) is 10.0 Å². The van der Waals surface area contributed by atoms with E-state index in [2.05, 4.69) is 4.72 Å². The highest BCUT2D eigenvalue weighted by molar-refractivity contribution is 7.89. The molecule has 1 rings (SSSR count). The van der Waals surface area contributed by atoms with Gasteiger partial charge in [0.2, 0.25) is 10.0 Å². The lowest BCUT2D eigenvalue weighted by Crippen LogP contribution is -2.31. The Labute approximate surface area is 102 Å². The van der Waals surface area contributed by atoms with Crippen LogP contribution in [0.15, 0.2) is 23.1 Å². The zero-order chi connectivity index (χ0) is 13.1. The molecule has 0 fully saturated rings. The summed E-state index contributed by atoms with van der Waals surface area (Å²) < 4.78 is 26.0. The van der Waals surface area contributed by atoms with Crippen molar-refractivity contribution in [2.75, 3.05) is 12.3 Å². The molecule has 0 amide bonds. The van der Waals surface area contributed by atoms with E-state index in [4.69, 9.17) is 5.73 Å². The first kappa shape index (κ1) is 14.0. The third-order valence-electron chi connectivity index (χ3n) is 2.54. The number of hydrogen-bond acceptors (Lipinski definition) is 4. The molecule has 0 aromatic heterocycles. The molecule has 0 aliphatic carbocycles. The van der Waals surface area contributed by atoms with Crippen LogP contribution in [0.2, 0.25) is 0 Å². The van der Waals surface area contributed by atoms with Gasteiger partial charge in [-0.2, -0.15) is 0 Å². The minimum Gasteiger partial charge on any atom is -0.398 e. The predicted octanol–water partition coefficient (Wildman–Crippen LogP) is 0.626. The van der Waals surface area contributed by atoms with Gasteiger partial charge in [-0.15, -0.1) is 0 Å². The van der Waals surface area contributed by atoms with Crippen LogP contribution in [0.5, 0.6) is 0 Å². The van der Waals surface area contributed by atoms with Crippen molar-refractivity contribution in [1.29, 1.82) is 0 Å². The second kappa shape index (κ2) is 5.48. The summed E-state index contributed by atoms with van der Waals surface area (Å²) in [6, 6.07) is 4.56. The zero-order valence-corrected chi connectivity index (χ0v) is 10.8. The molecule has 0 aliphatic rings. The summed E-state index contributed by atoms with van der Waals surface area (Å²) in [6.45, 7) is 3.59. The summed E-state index contributed by atoms with van der Waals surface area (Å²) in [7, 11) is -3.59. The molecule has 1 unspecified atom stereocenters. The average molecular weight is 258 g/mol. The van der Waals surface area contributed by atoms with Gasteiger partial charge >= 0.3 is 0 Å². The number of rotatable bonds is 5. The fourth-order valence-electron chi connectivity index (χ4n) is 1.22. The van der Waals surface area contributed by atoms with Gasteiger partial charge in [-0.3, -0.25) is 0 Å². The monoisotopic (exact) mass is 258 g/mol. The van der Waals surface area contributed by atoms with E-state index in [0.29, 0.717) is 12.1 Å². The minimum atomic E-state index is -3.59. The van der Waals surface area contributed by atoms with Crippen LogP contribution >= 0.6 is 0 Å². The number of benzene rings is 1. The zero-order valence-electron chi connectivity index (χ0n) is 9.97. The maximum atomic E-state index is 11.8. The van der Waals surface area contributed by atoms with Gasteiger partial charge in [-0.1, -0.05) is 13.0 Å². The standard InChI is InChI=1S/C11H18N2O3S/c1-3-9(14)7-13-17(15,16)10-5-4-8(2)11(12)6-10/h4-6,9,13-14H,3,7,12H2,1-2H3. The molecule has 5 nitrogen and oxygen atoms in total. The normalized spacial score (nSPS) is 13.6. The van der Waals surface area contributed by atoms with E-state index >= 15 is 0 Å². The molecule has 0 radical (unpaired) electrons. The molecule has 0 spiro atoms. The predicted molar refractivity (Wildman–Crippen MR) is 67.1 cm³/mol. The molecule has 6 heteroatoms.